The van der Waals surface area contributed by atoms with E-state index in [2.05, 4.69) is 31.0 Å². The molecule has 2 aromatic heterocycles. The van der Waals surface area contributed by atoms with Crippen molar-refractivity contribution in [3.63, 3.8) is 0 Å². The molecule has 0 atom stereocenters. The van der Waals surface area contributed by atoms with Gasteiger partial charge in [-0.1, -0.05) is 11.6 Å². The van der Waals surface area contributed by atoms with E-state index in [0.717, 1.165) is 17.0 Å². The summed E-state index contributed by atoms with van der Waals surface area (Å²) >= 11 is 9.39. The summed E-state index contributed by atoms with van der Waals surface area (Å²) in [6.45, 7) is 3.74. The lowest BCUT2D eigenvalue weighted by Crippen LogP contribution is -1.98. The SMILES string of the molecule is COc1c(-c2nc(C)c(Br)c(Cl)n2)c(C)nn1C. The molecule has 96 valence electrons. The van der Waals surface area contributed by atoms with Gasteiger partial charge in [0, 0.05) is 7.05 Å². The van der Waals surface area contributed by atoms with Crippen LogP contribution in [0.5, 0.6) is 5.88 Å². The van der Waals surface area contributed by atoms with Crippen LogP contribution in [0.25, 0.3) is 11.4 Å². The molecule has 0 spiro atoms. The van der Waals surface area contributed by atoms with E-state index < -0.39 is 0 Å². The van der Waals surface area contributed by atoms with Crippen molar-refractivity contribution in [2.24, 2.45) is 7.05 Å². The molecule has 0 aromatic carbocycles. The zero-order valence-corrected chi connectivity index (χ0v) is 12.8. The Bertz CT molecular complexity index is 588. The van der Waals surface area contributed by atoms with Gasteiger partial charge in [0.25, 0.3) is 0 Å². The summed E-state index contributed by atoms with van der Waals surface area (Å²) in [5, 5.41) is 4.67. The van der Waals surface area contributed by atoms with Crippen molar-refractivity contribution in [1.82, 2.24) is 19.7 Å². The summed E-state index contributed by atoms with van der Waals surface area (Å²) in [4.78, 5) is 8.67. The van der Waals surface area contributed by atoms with Crippen molar-refractivity contribution in [2.45, 2.75) is 13.8 Å². The number of halogens is 2. The minimum Gasteiger partial charge on any atom is -0.481 e. The van der Waals surface area contributed by atoms with E-state index in [9.17, 15) is 0 Å². The highest BCUT2D eigenvalue weighted by Crippen LogP contribution is 2.33. The van der Waals surface area contributed by atoms with Gasteiger partial charge < -0.3 is 4.74 Å². The first-order valence-electron chi connectivity index (χ1n) is 5.23. The lowest BCUT2D eigenvalue weighted by Gasteiger charge is -2.06. The number of methoxy groups -OCH3 is 1. The van der Waals surface area contributed by atoms with E-state index >= 15 is 0 Å². The number of aromatic nitrogens is 4. The average Bonchev–Trinajstić information content (AvgIpc) is 2.59. The van der Waals surface area contributed by atoms with Gasteiger partial charge in [0.15, 0.2) is 5.82 Å². The van der Waals surface area contributed by atoms with Gasteiger partial charge in [-0.3, -0.25) is 0 Å². The number of nitrogens with zero attached hydrogens (tertiary/aromatic N) is 4. The summed E-state index contributed by atoms with van der Waals surface area (Å²) in [5.74, 6) is 1.13. The van der Waals surface area contributed by atoms with E-state index in [-0.39, 0.29) is 0 Å². The summed E-state index contributed by atoms with van der Waals surface area (Å²) in [6.07, 6.45) is 0. The molecular weight excluding hydrogens is 320 g/mol. The van der Waals surface area contributed by atoms with Crippen LogP contribution in [0.1, 0.15) is 11.4 Å². The van der Waals surface area contributed by atoms with Crippen molar-refractivity contribution in [3.8, 4) is 17.3 Å². The molecule has 0 bridgehead atoms. The number of rotatable bonds is 2. The summed E-state index contributed by atoms with van der Waals surface area (Å²) in [5.41, 5.74) is 2.33. The molecule has 2 rings (SSSR count). The second-order valence-corrected chi connectivity index (χ2v) is 4.98. The fraction of sp³-hybridized carbons (Fsp3) is 0.364. The molecule has 0 radical (unpaired) electrons. The second kappa shape index (κ2) is 4.85. The van der Waals surface area contributed by atoms with Crippen LogP contribution >= 0.6 is 27.5 Å². The maximum absolute atomic E-state index is 6.06. The fourth-order valence-electron chi connectivity index (χ4n) is 1.76. The Balaban J connectivity index is 2.69. The van der Waals surface area contributed by atoms with Gasteiger partial charge in [-0.2, -0.15) is 5.10 Å². The maximum Gasteiger partial charge on any atom is 0.222 e. The predicted molar refractivity (Wildman–Crippen MR) is 73.0 cm³/mol. The maximum atomic E-state index is 6.06. The Morgan fingerprint density at radius 1 is 1.22 bits per heavy atom. The highest BCUT2D eigenvalue weighted by Gasteiger charge is 2.20. The fourth-order valence-corrected chi connectivity index (χ4v) is 2.16. The van der Waals surface area contributed by atoms with Gasteiger partial charge in [-0.25, -0.2) is 14.6 Å². The molecular formula is C11H12BrClN4O. The van der Waals surface area contributed by atoms with E-state index in [1.54, 1.807) is 11.8 Å². The van der Waals surface area contributed by atoms with Crippen LogP contribution in [0, 0.1) is 13.8 Å². The molecule has 7 heteroatoms. The Kier molecular flexibility index (Phi) is 3.59. The average molecular weight is 332 g/mol. The molecule has 0 aliphatic rings. The zero-order chi connectivity index (χ0) is 13.4. The van der Waals surface area contributed by atoms with E-state index in [4.69, 9.17) is 16.3 Å². The predicted octanol–water partition coefficient (Wildman–Crippen LogP) is 2.92. The molecule has 0 unspecified atom stereocenters. The molecule has 0 aliphatic carbocycles. The molecule has 0 aliphatic heterocycles. The van der Waals surface area contributed by atoms with Gasteiger partial charge in [0.05, 0.1) is 23.0 Å². The van der Waals surface area contributed by atoms with Crippen LogP contribution in [-0.4, -0.2) is 26.9 Å². The Labute approximate surface area is 118 Å². The largest absolute Gasteiger partial charge is 0.481 e. The molecule has 5 nitrogen and oxygen atoms in total. The number of hydrogen-bond donors (Lipinski definition) is 0. The van der Waals surface area contributed by atoms with Gasteiger partial charge in [0.2, 0.25) is 5.88 Å². The van der Waals surface area contributed by atoms with Crippen molar-refractivity contribution < 1.29 is 4.74 Å². The standard InChI is InChI=1S/C11H12BrClN4O/c1-5-7(11(18-4)17(3)16-5)10-14-6(2)8(12)9(13)15-10/h1-4H3. The lowest BCUT2D eigenvalue weighted by atomic mass is 10.2. The highest BCUT2D eigenvalue weighted by molar-refractivity contribution is 9.10. The van der Waals surface area contributed by atoms with Gasteiger partial charge in [0.1, 0.15) is 10.7 Å². The zero-order valence-electron chi connectivity index (χ0n) is 10.5. The molecule has 0 amide bonds. The number of ether oxygens (including phenoxy) is 1. The third-order valence-electron chi connectivity index (χ3n) is 2.56. The minimum atomic E-state index is 0.378. The van der Waals surface area contributed by atoms with Gasteiger partial charge in [-0.05, 0) is 29.8 Å². The first-order valence-corrected chi connectivity index (χ1v) is 6.40. The van der Waals surface area contributed by atoms with Crippen molar-refractivity contribution in [2.75, 3.05) is 7.11 Å². The first-order chi connectivity index (χ1) is 8.45. The summed E-state index contributed by atoms with van der Waals surface area (Å²) in [7, 11) is 3.40. The monoisotopic (exact) mass is 330 g/mol. The van der Waals surface area contributed by atoms with E-state index in [1.165, 1.54) is 0 Å². The van der Waals surface area contributed by atoms with Gasteiger partial charge >= 0.3 is 0 Å². The number of aryl methyl sites for hydroxylation is 3. The Hall–Kier alpha value is -1.14. The Morgan fingerprint density at radius 3 is 2.44 bits per heavy atom. The molecule has 0 saturated carbocycles. The smallest absolute Gasteiger partial charge is 0.222 e. The highest BCUT2D eigenvalue weighted by atomic mass is 79.9. The van der Waals surface area contributed by atoms with Crippen LogP contribution in [0.3, 0.4) is 0 Å². The quantitative estimate of drug-likeness (QED) is 0.794. The van der Waals surface area contributed by atoms with E-state index in [0.29, 0.717) is 21.3 Å². The van der Waals surface area contributed by atoms with Crippen LogP contribution in [-0.2, 0) is 7.05 Å². The number of hydrogen-bond acceptors (Lipinski definition) is 4. The van der Waals surface area contributed by atoms with E-state index in [1.807, 2.05) is 20.9 Å². The topological polar surface area (TPSA) is 52.8 Å². The van der Waals surface area contributed by atoms with Crippen molar-refractivity contribution >= 4 is 27.5 Å². The Morgan fingerprint density at radius 2 is 1.89 bits per heavy atom. The molecule has 0 N–H and O–H groups in total. The molecule has 18 heavy (non-hydrogen) atoms. The molecule has 2 heterocycles. The third-order valence-corrected chi connectivity index (χ3v) is 4.01. The summed E-state index contributed by atoms with van der Waals surface area (Å²) < 4.78 is 7.68. The van der Waals surface area contributed by atoms with Crippen LogP contribution in [0.4, 0.5) is 0 Å². The van der Waals surface area contributed by atoms with Crippen LogP contribution in [0.15, 0.2) is 4.47 Å². The second-order valence-electron chi connectivity index (χ2n) is 3.83. The van der Waals surface area contributed by atoms with Crippen molar-refractivity contribution in [1.29, 1.82) is 0 Å². The molecule has 0 fully saturated rings. The molecule has 0 saturated heterocycles. The van der Waals surface area contributed by atoms with Crippen LogP contribution in [0.2, 0.25) is 5.15 Å². The van der Waals surface area contributed by atoms with Gasteiger partial charge in [-0.15, -0.1) is 0 Å². The third kappa shape index (κ3) is 2.10. The van der Waals surface area contributed by atoms with Crippen molar-refractivity contribution in [3.05, 3.63) is 21.0 Å². The summed E-state index contributed by atoms with van der Waals surface area (Å²) in [6, 6.07) is 0. The lowest BCUT2D eigenvalue weighted by molar-refractivity contribution is 0.374. The molecule has 2 aromatic rings. The normalized spacial score (nSPS) is 10.8. The first kappa shape index (κ1) is 13.3. The minimum absolute atomic E-state index is 0.378. The van der Waals surface area contributed by atoms with Crippen LogP contribution < -0.4 is 4.74 Å².